The number of hydrogen-bond donors (Lipinski definition) is 0. The molecule has 0 N–H and O–H groups in total. The van der Waals surface area contributed by atoms with Crippen molar-refractivity contribution in [3.63, 3.8) is 0 Å². The van der Waals surface area contributed by atoms with Crippen LogP contribution in [0.5, 0.6) is 17.2 Å². The number of hydrogen-bond acceptors (Lipinski definition) is 7. The normalized spacial score (nSPS) is 11.2. The number of esters is 3. The second-order valence-electron chi connectivity index (χ2n) is 16.8. The minimum absolute atomic E-state index is 0.00226. The van der Waals surface area contributed by atoms with Crippen molar-refractivity contribution in [3.05, 3.63) is 65.7 Å². The van der Waals surface area contributed by atoms with Crippen LogP contribution in [0, 0.1) is 0 Å². The van der Waals surface area contributed by atoms with E-state index in [2.05, 4.69) is 20.8 Å². The van der Waals surface area contributed by atoms with Gasteiger partial charge in [0.25, 0.3) is 0 Å². The summed E-state index contributed by atoms with van der Waals surface area (Å²) in [6, 6.07) is 15.9. The van der Waals surface area contributed by atoms with Gasteiger partial charge in [0.15, 0.2) is 17.3 Å². The molecule has 0 saturated heterocycles. The van der Waals surface area contributed by atoms with Gasteiger partial charge < -0.3 is 14.2 Å². The Balaban J connectivity index is 1.90. The van der Waals surface area contributed by atoms with E-state index in [1.807, 2.05) is 6.07 Å². The van der Waals surface area contributed by atoms with Gasteiger partial charge in [-0.3, -0.25) is 19.2 Å². The lowest BCUT2D eigenvalue weighted by atomic mass is 9.94. The molecule has 0 heterocycles. The standard InChI is InChI=1S/C53H78O7/c1-4-7-10-13-16-19-22-25-31-40-46(54)58-51-45-39-35-34-38-44(45)49(50(57)43-36-29-28-30-37-43)52(59-47(55)41-32-26-23-20-17-14-11-8-5-2)53(51)60-48(56)42-33-27-24-21-18-15-12-9-6-3/h28-30,34-39H,4-27,31-33,40-42H2,1-3H3. The lowest BCUT2D eigenvalue weighted by Gasteiger charge is -2.21. The minimum atomic E-state index is -0.529. The van der Waals surface area contributed by atoms with E-state index in [1.165, 1.54) is 96.3 Å². The first-order valence-electron chi connectivity index (χ1n) is 24.2. The van der Waals surface area contributed by atoms with Crippen LogP contribution in [0.2, 0.25) is 0 Å². The molecule has 0 atom stereocenters. The summed E-state index contributed by atoms with van der Waals surface area (Å²) in [4.78, 5) is 55.5. The van der Waals surface area contributed by atoms with Crippen molar-refractivity contribution in [2.75, 3.05) is 0 Å². The molecule has 0 aliphatic carbocycles. The van der Waals surface area contributed by atoms with E-state index >= 15 is 0 Å². The molecule has 3 aromatic carbocycles. The minimum Gasteiger partial charge on any atom is -0.422 e. The highest BCUT2D eigenvalue weighted by atomic mass is 16.6. The zero-order valence-corrected chi connectivity index (χ0v) is 37.8. The monoisotopic (exact) mass is 827 g/mol. The van der Waals surface area contributed by atoms with Gasteiger partial charge >= 0.3 is 17.9 Å². The van der Waals surface area contributed by atoms with Crippen LogP contribution in [-0.2, 0) is 14.4 Å². The fourth-order valence-corrected chi connectivity index (χ4v) is 7.85. The summed E-state index contributed by atoms with van der Waals surface area (Å²) in [7, 11) is 0. The van der Waals surface area contributed by atoms with Crippen LogP contribution >= 0.6 is 0 Å². The first kappa shape index (κ1) is 50.4. The van der Waals surface area contributed by atoms with Gasteiger partial charge in [-0.1, -0.05) is 229 Å². The van der Waals surface area contributed by atoms with Gasteiger partial charge in [-0.2, -0.15) is 0 Å². The molecule has 332 valence electrons. The summed E-state index contributed by atoms with van der Waals surface area (Å²) < 4.78 is 18.4. The van der Waals surface area contributed by atoms with E-state index in [4.69, 9.17) is 14.2 Å². The molecule has 0 spiro atoms. The van der Waals surface area contributed by atoms with E-state index in [0.717, 1.165) is 57.8 Å². The van der Waals surface area contributed by atoms with Gasteiger partial charge in [0.2, 0.25) is 5.75 Å². The Morgan fingerprint density at radius 2 is 0.667 bits per heavy atom. The molecule has 0 unspecified atom stereocenters. The number of fused-ring (bicyclic) bond motifs is 1. The van der Waals surface area contributed by atoms with Gasteiger partial charge in [-0.05, 0) is 19.3 Å². The predicted molar refractivity (Wildman–Crippen MR) is 246 cm³/mol. The summed E-state index contributed by atoms with van der Waals surface area (Å²) in [6.07, 6.45) is 30.3. The SMILES string of the molecule is CCCCCCCCCCCC(=O)Oc1c(OC(=O)CCCCCCCCCCC)c(C(=O)c2ccccc2)c2ccccc2c1OC(=O)CCCCCCCCCCC. The van der Waals surface area contributed by atoms with Crippen LogP contribution in [0.25, 0.3) is 10.8 Å². The topological polar surface area (TPSA) is 96.0 Å². The molecule has 0 bridgehead atoms. The molecule has 7 heteroatoms. The third kappa shape index (κ3) is 19.6. The van der Waals surface area contributed by atoms with Gasteiger partial charge in [-0.15, -0.1) is 0 Å². The third-order valence-electron chi connectivity index (χ3n) is 11.4. The van der Waals surface area contributed by atoms with Crippen molar-refractivity contribution in [3.8, 4) is 17.2 Å². The number of carbonyl (C=O) groups excluding carboxylic acids is 4. The van der Waals surface area contributed by atoms with E-state index < -0.39 is 17.9 Å². The van der Waals surface area contributed by atoms with Gasteiger partial charge in [0.1, 0.15) is 0 Å². The molecule has 0 aliphatic heterocycles. The fourth-order valence-electron chi connectivity index (χ4n) is 7.85. The maximum Gasteiger partial charge on any atom is 0.311 e. The molecule has 3 aromatic rings. The second kappa shape index (κ2) is 31.8. The maximum absolute atomic E-state index is 14.5. The lowest BCUT2D eigenvalue weighted by molar-refractivity contribution is -0.138. The Labute approximate surface area is 363 Å². The number of unbranched alkanes of at least 4 members (excludes halogenated alkanes) is 24. The van der Waals surface area contributed by atoms with E-state index in [9.17, 15) is 19.2 Å². The predicted octanol–water partition coefficient (Wildman–Crippen LogP) is 15.5. The largest absolute Gasteiger partial charge is 0.422 e. The highest BCUT2D eigenvalue weighted by Crippen LogP contribution is 2.48. The number of carbonyl (C=O) groups is 4. The van der Waals surface area contributed by atoms with Crippen molar-refractivity contribution in [2.24, 2.45) is 0 Å². The van der Waals surface area contributed by atoms with Crippen LogP contribution in [0.4, 0.5) is 0 Å². The molecule has 0 aliphatic rings. The average molecular weight is 827 g/mol. The van der Waals surface area contributed by atoms with Crippen molar-refractivity contribution in [1.82, 2.24) is 0 Å². The van der Waals surface area contributed by atoms with Crippen LogP contribution < -0.4 is 14.2 Å². The smallest absolute Gasteiger partial charge is 0.311 e. The Morgan fingerprint density at radius 1 is 0.350 bits per heavy atom. The Kier molecular flexibility index (Phi) is 26.7. The summed E-state index contributed by atoms with van der Waals surface area (Å²) in [5.41, 5.74) is 0.489. The number of ether oxygens (including phenoxy) is 3. The Bertz CT molecular complexity index is 1660. The third-order valence-corrected chi connectivity index (χ3v) is 11.4. The van der Waals surface area contributed by atoms with Crippen LogP contribution in [0.1, 0.15) is 229 Å². The zero-order chi connectivity index (χ0) is 43.0. The molecular formula is C53H78O7. The summed E-state index contributed by atoms with van der Waals surface area (Å²) in [5.74, 6) is -2.26. The molecule has 0 radical (unpaired) electrons. The Hall–Kier alpha value is -4.00. The molecule has 0 aromatic heterocycles. The lowest BCUT2D eigenvalue weighted by Crippen LogP contribution is -2.18. The van der Waals surface area contributed by atoms with E-state index in [0.29, 0.717) is 35.6 Å². The Morgan fingerprint density at radius 3 is 1.07 bits per heavy atom. The molecular weight excluding hydrogens is 749 g/mol. The maximum atomic E-state index is 14.5. The van der Waals surface area contributed by atoms with E-state index in [1.54, 1.807) is 48.5 Å². The van der Waals surface area contributed by atoms with Crippen molar-refractivity contribution >= 4 is 34.5 Å². The summed E-state index contributed by atoms with van der Waals surface area (Å²) in [5, 5.41) is 0.878. The second-order valence-corrected chi connectivity index (χ2v) is 16.8. The molecule has 3 rings (SSSR count). The van der Waals surface area contributed by atoms with Gasteiger partial charge in [0.05, 0.1) is 5.56 Å². The highest BCUT2D eigenvalue weighted by molar-refractivity contribution is 6.20. The quantitative estimate of drug-likeness (QED) is 0.0252. The number of rotatable bonds is 35. The molecule has 0 saturated carbocycles. The zero-order valence-electron chi connectivity index (χ0n) is 37.8. The highest BCUT2D eigenvalue weighted by Gasteiger charge is 2.31. The molecule has 0 amide bonds. The molecule has 60 heavy (non-hydrogen) atoms. The van der Waals surface area contributed by atoms with Crippen LogP contribution in [0.3, 0.4) is 0 Å². The average Bonchev–Trinajstić information content (AvgIpc) is 3.26. The van der Waals surface area contributed by atoms with Crippen LogP contribution in [0.15, 0.2) is 54.6 Å². The summed E-state index contributed by atoms with van der Waals surface area (Å²) in [6.45, 7) is 6.66. The van der Waals surface area contributed by atoms with E-state index in [-0.39, 0.29) is 47.9 Å². The van der Waals surface area contributed by atoms with Crippen molar-refractivity contribution < 1.29 is 33.4 Å². The molecule has 7 nitrogen and oxygen atoms in total. The van der Waals surface area contributed by atoms with Gasteiger partial charge in [0, 0.05) is 35.6 Å². The van der Waals surface area contributed by atoms with Crippen molar-refractivity contribution in [1.29, 1.82) is 0 Å². The first-order chi connectivity index (χ1) is 29.4. The van der Waals surface area contributed by atoms with Crippen molar-refractivity contribution in [2.45, 2.75) is 213 Å². The first-order valence-corrected chi connectivity index (χ1v) is 24.2. The number of ketones is 1. The van der Waals surface area contributed by atoms with Gasteiger partial charge in [-0.25, -0.2) is 0 Å². The summed E-state index contributed by atoms with van der Waals surface area (Å²) >= 11 is 0. The fraction of sp³-hybridized carbons (Fsp3) is 0.623. The number of benzene rings is 3. The van der Waals surface area contributed by atoms with Crippen LogP contribution in [-0.4, -0.2) is 23.7 Å². The molecule has 0 fully saturated rings.